The van der Waals surface area contributed by atoms with Gasteiger partial charge in [-0.25, -0.2) is 4.79 Å². The van der Waals surface area contributed by atoms with Crippen molar-refractivity contribution in [2.45, 2.75) is 13.0 Å². The maximum Gasteiger partial charge on any atom is 0.338 e. The Morgan fingerprint density at radius 2 is 1.74 bits per heavy atom. The summed E-state index contributed by atoms with van der Waals surface area (Å²) in [6.45, 7) is 4.22. The molecule has 1 heterocycles. The number of carbonyl (C=O) groups excluding carboxylic acids is 2. The fourth-order valence-electron chi connectivity index (χ4n) is 3.08. The number of anilines is 1. The van der Waals surface area contributed by atoms with Crippen LogP contribution in [0.3, 0.4) is 0 Å². The molecule has 2 aromatic rings. The van der Waals surface area contributed by atoms with Crippen LogP contribution in [0.25, 0.3) is 0 Å². The minimum absolute atomic E-state index is 0.201. The number of nitriles is 1. The average molecular weight is 363 g/mol. The Balaban J connectivity index is 1.55. The van der Waals surface area contributed by atoms with Crippen molar-refractivity contribution in [3.63, 3.8) is 0 Å². The van der Waals surface area contributed by atoms with Crippen LogP contribution in [-0.2, 0) is 9.53 Å². The topological polar surface area (TPSA) is 73.6 Å². The smallest absolute Gasteiger partial charge is 0.338 e. The van der Waals surface area contributed by atoms with Crippen LogP contribution in [0.4, 0.5) is 5.69 Å². The lowest BCUT2D eigenvalue weighted by molar-refractivity contribution is -0.140. The fourth-order valence-corrected chi connectivity index (χ4v) is 3.08. The minimum Gasteiger partial charge on any atom is -0.449 e. The van der Waals surface area contributed by atoms with Gasteiger partial charge in [-0.3, -0.25) is 4.79 Å². The van der Waals surface area contributed by atoms with Crippen molar-refractivity contribution < 1.29 is 14.3 Å². The molecule has 6 heteroatoms. The Kier molecular flexibility index (Phi) is 5.72. The zero-order valence-corrected chi connectivity index (χ0v) is 15.2. The first-order chi connectivity index (χ1) is 13.1. The molecular weight excluding hydrogens is 342 g/mol. The minimum atomic E-state index is -0.869. The monoisotopic (exact) mass is 363 g/mol. The second-order valence-corrected chi connectivity index (χ2v) is 6.39. The first-order valence-electron chi connectivity index (χ1n) is 8.88. The van der Waals surface area contributed by atoms with E-state index in [1.54, 1.807) is 30.0 Å². The number of hydrogen-bond acceptors (Lipinski definition) is 5. The lowest BCUT2D eigenvalue weighted by atomic mass is 10.1. The second-order valence-electron chi connectivity index (χ2n) is 6.39. The first kappa shape index (κ1) is 18.5. The molecule has 0 unspecified atom stereocenters. The van der Waals surface area contributed by atoms with E-state index in [-0.39, 0.29) is 11.5 Å². The molecule has 138 valence electrons. The van der Waals surface area contributed by atoms with Crippen LogP contribution in [0.1, 0.15) is 22.8 Å². The predicted octanol–water partition coefficient (Wildman–Crippen LogP) is 2.45. The molecule has 0 saturated carbocycles. The zero-order valence-electron chi connectivity index (χ0n) is 15.2. The van der Waals surface area contributed by atoms with Crippen LogP contribution in [0, 0.1) is 11.3 Å². The molecule has 0 aromatic heterocycles. The summed E-state index contributed by atoms with van der Waals surface area (Å²) >= 11 is 0. The highest BCUT2D eigenvalue weighted by molar-refractivity contribution is 5.92. The summed E-state index contributed by atoms with van der Waals surface area (Å²) in [6.07, 6.45) is -0.869. The normalized spacial score (nSPS) is 15.0. The SMILES string of the molecule is C[C@H](OC(=O)c1cccc(C#N)c1)C(=O)N1CCN(c2ccccc2)CC1. The molecule has 6 nitrogen and oxygen atoms in total. The quantitative estimate of drug-likeness (QED) is 0.780. The summed E-state index contributed by atoms with van der Waals surface area (Å²) in [4.78, 5) is 28.8. The van der Waals surface area contributed by atoms with Crippen LogP contribution < -0.4 is 4.90 Å². The Labute approximate surface area is 158 Å². The van der Waals surface area contributed by atoms with Crippen LogP contribution in [-0.4, -0.2) is 49.1 Å². The third-order valence-corrected chi connectivity index (χ3v) is 4.57. The Morgan fingerprint density at radius 1 is 1.04 bits per heavy atom. The van der Waals surface area contributed by atoms with Crippen LogP contribution >= 0.6 is 0 Å². The number of nitrogens with zero attached hydrogens (tertiary/aromatic N) is 3. The van der Waals surface area contributed by atoms with Gasteiger partial charge in [0.05, 0.1) is 17.2 Å². The number of hydrogen-bond donors (Lipinski definition) is 0. The zero-order chi connectivity index (χ0) is 19.2. The molecule has 1 saturated heterocycles. The largest absolute Gasteiger partial charge is 0.449 e. The third-order valence-electron chi connectivity index (χ3n) is 4.57. The summed E-state index contributed by atoms with van der Waals surface area (Å²) in [6, 6.07) is 18.3. The van der Waals surface area contributed by atoms with Gasteiger partial charge in [-0.2, -0.15) is 5.26 Å². The van der Waals surface area contributed by atoms with E-state index in [2.05, 4.69) is 17.0 Å². The van der Waals surface area contributed by atoms with Gasteiger partial charge in [0.25, 0.3) is 5.91 Å². The van der Waals surface area contributed by atoms with Crippen molar-refractivity contribution in [2.75, 3.05) is 31.1 Å². The van der Waals surface area contributed by atoms with Gasteiger partial charge >= 0.3 is 5.97 Å². The van der Waals surface area contributed by atoms with Gasteiger partial charge in [0.2, 0.25) is 0 Å². The Hall–Kier alpha value is -3.33. The average Bonchev–Trinajstić information content (AvgIpc) is 2.74. The highest BCUT2D eigenvalue weighted by Crippen LogP contribution is 2.16. The molecule has 1 fully saturated rings. The van der Waals surface area contributed by atoms with Gasteiger partial charge in [-0.15, -0.1) is 0 Å². The molecule has 3 rings (SSSR count). The van der Waals surface area contributed by atoms with E-state index in [1.807, 2.05) is 24.3 Å². The number of ether oxygens (including phenoxy) is 1. The fraction of sp³-hybridized carbons (Fsp3) is 0.286. The van der Waals surface area contributed by atoms with E-state index in [4.69, 9.17) is 10.00 Å². The van der Waals surface area contributed by atoms with E-state index < -0.39 is 12.1 Å². The first-order valence-corrected chi connectivity index (χ1v) is 8.88. The van der Waals surface area contributed by atoms with E-state index in [0.29, 0.717) is 18.7 Å². The van der Waals surface area contributed by atoms with Crippen LogP contribution in [0.5, 0.6) is 0 Å². The van der Waals surface area contributed by atoms with E-state index in [1.165, 1.54) is 6.07 Å². The molecule has 0 spiro atoms. The predicted molar refractivity (Wildman–Crippen MR) is 101 cm³/mol. The summed E-state index contributed by atoms with van der Waals surface area (Å²) in [5.74, 6) is -0.802. The van der Waals surface area contributed by atoms with E-state index in [9.17, 15) is 9.59 Å². The van der Waals surface area contributed by atoms with Crippen molar-refractivity contribution >= 4 is 17.6 Å². The lowest BCUT2D eigenvalue weighted by Gasteiger charge is -2.37. The molecular formula is C21H21N3O3. The standard InChI is InChI=1S/C21H21N3O3/c1-16(27-21(26)18-7-5-6-17(14-18)15-22)20(25)24-12-10-23(11-13-24)19-8-3-2-4-9-19/h2-9,14,16H,10-13H2,1H3/t16-/m0/s1. The van der Waals surface area contributed by atoms with Crippen molar-refractivity contribution in [3.8, 4) is 6.07 Å². The Bertz CT molecular complexity index is 852. The molecule has 1 aliphatic heterocycles. The van der Waals surface area contributed by atoms with Crippen molar-refractivity contribution in [1.29, 1.82) is 5.26 Å². The molecule has 2 aromatic carbocycles. The number of benzene rings is 2. The Morgan fingerprint density at radius 3 is 2.41 bits per heavy atom. The molecule has 1 amide bonds. The lowest BCUT2D eigenvalue weighted by Crippen LogP contribution is -2.51. The number of esters is 1. The summed E-state index contributed by atoms with van der Waals surface area (Å²) in [7, 11) is 0. The molecule has 27 heavy (non-hydrogen) atoms. The van der Waals surface area contributed by atoms with Crippen LogP contribution in [0.15, 0.2) is 54.6 Å². The molecule has 0 aliphatic carbocycles. The molecule has 1 aliphatic rings. The van der Waals surface area contributed by atoms with Crippen molar-refractivity contribution in [2.24, 2.45) is 0 Å². The molecule has 1 atom stereocenters. The van der Waals surface area contributed by atoms with Crippen molar-refractivity contribution in [3.05, 3.63) is 65.7 Å². The van der Waals surface area contributed by atoms with E-state index >= 15 is 0 Å². The van der Waals surface area contributed by atoms with Gasteiger partial charge in [0, 0.05) is 31.9 Å². The van der Waals surface area contributed by atoms with Gasteiger partial charge in [-0.05, 0) is 37.3 Å². The van der Waals surface area contributed by atoms with E-state index in [0.717, 1.165) is 18.8 Å². The van der Waals surface area contributed by atoms with Crippen molar-refractivity contribution in [1.82, 2.24) is 4.90 Å². The molecule has 0 radical (unpaired) electrons. The maximum atomic E-state index is 12.6. The summed E-state index contributed by atoms with van der Waals surface area (Å²) in [5.41, 5.74) is 1.78. The number of para-hydroxylation sites is 1. The third kappa shape index (κ3) is 4.45. The summed E-state index contributed by atoms with van der Waals surface area (Å²) < 4.78 is 5.31. The summed E-state index contributed by atoms with van der Waals surface area (Å²) in [5, 5.41) is 8.92. The van der Waals surface area contributed by atoms with Gasteiger partial charge in [0.15, 0.2) is 6.10 Å². The number of amides is 1. The van der Waals surface area contributed by atoms with Gasteiger partial charge < -0.3 is 14.5 Å². The maximum absolute atomic E-state index is 12.6. The highest BCUT2D eigenvalue weighted by atomic mass is 16.5. The van der Waals surface area contributed by atoms with Gasteiger partial charge in [0.1, 0.15) is 0 Å². The second kappa shape index (κ2) is 8.37. The highest BCUT2D eigenvalue weighted by Gasteiger charge is 2.27. The van der Waals surface area contributed by atoms with Gasteiger partial charge in [-0.1, -0.05) is 24.3 Å². The number of carbonyl (C=O) groups is 2. The number of piperazine rings is 1. The molecule has 0 N–H and O–H groups in total. The number of rotatable bonds is 4. The van der Waals surface area contributed by atoms with Crippen LogP contribution in [0.2, 0.25) is 0 Å². The molecule has 0 bridgehead atoms.